The van der Waals surface area contributed by atoms with Gasteiger partial charge < -0.3 is 14.6 Å². The summed E-state index contributed by atoms with van der Waals surface area (Å²) in [4.78, 5) is 10.2. The number of non-ortho nitro benzene ring substituents is 1. The number of hydrogen-bond acceptors (Lipinski definition) is 5. The molecule has 0 saturated heterocycles. The number of nitrogens with zero attached hydrogens (tertiary/aromatic N) is 1. The lowest BCUT2D eigenvalue weighted by atomic mass is 10.1. The first-order chi connectivity index (χ1) is 10.0. The number of hydrogen-bond donors (Lipinski definition) is 1. The van der Waals surface area contributed by atoms with E-state index in [0.717, 1.165) is 5.56 Å². The van der Waals surface area contributed by atoms with E-state index in [9.17, 15) is 15.2 Å². The molecule has 2 aromatic carbocycles. The van der Waals surface area contributed by atoms with Crippen molar-refractivity contribution in [3.8, 4) is 17.2 Å². The maximum atomic E-state index is 10.7. The Hall–Kier alpha value is -2.60. The van der Waals surface area contributed by atoms with Crippen molar-refractivity contribution >= 4 is 5.69 Å². The Kier molecular flexibility index (Phi) is 4.39. The normalized spacial score (nSPS) is 11.8. The fourth-order valence-electron chi connectivity index (χ4n) is 1.80. The van der Waals surface area contributed by atoms with E-state index in [1.807, 2.05) is 0 Å². The van der Waals surface area contributed by atoms with Crippen molar-refractivity contribution in [1.29, 1.82) is 0 Å². The van der Waals surface area contributed by atoms with Crippen molar-refractivity contribution < 1.29 is 19.5 Å². The summed E-state index contributed by atoms with van der Waals surface area (Å²) in [5.74, 6) is 1.21. The molecular weight excluding hydrogens is 274 g/mol. The van der Waals surface area contributed by atoms with Gasteiger partial charge in [0.25, 0.3) is 5.69 Å². The summed E-state index contributed by atoms with van der Waals surface area (Å²) in [5, 5.41) is 20.2. The number of rotatable bonds is 5. The van der Waals surface area contributed by atoms with Gasteiger partial charge in [0.05, 0.1) is 24.2 Å². The average molecular weight is 289 g/mol. The van der Waals surface area contributed by atoms with Gasteiger partial charge >= 0.3 is 0 Å². The minimum absolute atomic E-state index is 0.0661. The summed E-state index contributed by atoms with van der Waals surface area (Å²) in [6, 6.07) is 11.1. The van der Waals surface area contributed by atoms with E-state index in [1.165, 1.54) is 25.3 Å². The van der Waals surface area contributed by atoms with Crippen molar-refractivity contribution in [2.45, 2.75) is 13.0 Å². The molecule has 0 aliphatic rings. The fraction of sp³-hybridized carbons (Fsp3) is 0.200. The number of aliphatic hydroxyl groups excluding tert-OH is 1. The number of benzene rings is 2. The van der Waals surface area contributed by atoms with Gasteiger partial charge in [-0.1, -0.05) is 12.1 Å². The van der Waals surface area contributed by atoms with Gasteiger partial charge in [0.2, 0.25) is 0 Å². The van der Waals surface area contributed by atoms with Gasteiger partial charge in [-0.2, -0.15) is 0 Å². The third-order valence-corrected chi connectivity index (χ3v) is 2.95. The van der Waals surface area contributed by atoms with Gasteiger partial charge in [-0.25, -0.2) is 0 Å². The van der Waals surface area contributed by atoms with Crippen LogP contribution in [0.1, 0.15) is 18.6 Å². The van der Waals surface area contributed by atoms with Crippen LogP contribution in [0.25, 0.3) is 0 Å². The second kappa shape index (κ2) is 6.23. The molecule has 0 bridgehead atoms. The Labute approximate surface area is 121 Å². The molecule has 2 aromatic rings. The number of nitro benzene ring substituents is 1. The van der Waals surface area contributed by atoms with Crippen LogP contribution in [0.3, 0.4) is 0 Å². The zero-order chi connectivity index (χ0) is 15.4. The highest BCUT2D eigenvalue weighted by Crippen LogP contribution is 2.34. The highest BCUT2D eigenvalue weighted by Gasteiger charge is 2.13. The van der Waals surface area contributed by atoms with Crippen LogP contribution < -0.4 is 9.47 Å². The van der Waals surface area contributed by atoms with Gasteiger partial charge in [-0.15, -0.1) is 0 Å². The zero-order valence-corrected chi connectivity index (χ0v) is 11.6. The summed E-state index contributed by atoms with van der Waals surface area (Å²) in [6.45, 7) is 1.68. The van der Waals surface area contributed by atoms with Crippen LogP contribution in [0, 0.1) is 10.1 Å². The highest BCUT2D eigenvalue weighted by molar-refractivity contribution is 5.50. The lowest BCUT2D eigenvalue weighted by Gasteiger charge is -2.11. The molecule has 0 unspecified atom stereocenters. The highest BCUT2D eigenvalue weighted by atomic mass is 16.6. The van der Waals surface area contributed by atoms with Crippen LogP contribution in [0.5, 0.6) is 17.2 Å². The number of ether oxygens (including phenoxy) is 2. The van der Waals surface area contributed by atoms with Crippen LogP contribution in [0.2, 0.25) is 0 Å². The maximum absolute atomic E-state index is 10.7. The van der Waals surface area contributed by atoms with Crippen molar-refractivity contribution in [3.63, 3.8) is 0 Å². The lowest BCUT2D eigenvalue weighted by Crippen LogP contribution is -1.94. The minimum Gasteiger partial charge on any atom is -0.493 e. The van der Waals surface area contributed by atoms with Crippen molar-refractivity contribution in [3.05, 3.63) is 58.1 Å². The van der Waals surface area contributed by atoms with Gasteiger partial charge in [0.1, 0.15) is 5.75 Å². The van der Waals surface area contributed by atoms with Gasteiger partial charge in [-0.3, -0.25) is 10.1 Å². The van der Waals surface area contributed by atoms with Crippen molar-refractivity contribution in [2.75, 3.05) is 7.11 Å². The predicted molar refractivity (Wildman–Crippen MR) is 76.8 cm³/mol. The molecule has 6 heteroatoms. The van der Waals surface area contributed by atoms with Gasteiger partial charge in [0, 0.05) is 6.07 Å². The first kappa shape index (κ1) is 14.8. The monoisotopic (exact) mass is 289 g/mol. The van der Waals surface area contributed by atoms with Crippen LogP contribution in [-0.2, 0) is 0 Å². The van der Waals surface area contributed by atoms with E-state index < -0.39 is 11.0 Å². The molecule has 0 spiro atoms. The molecule has 6 nitrogen and oxygen atoms in total. The second-order valence-corrected chi connectivity index (χ2v) is 4.44. The molecule has 0 amide bonds. The summed E-state index contributed by atoms with van der Waals surface area (Å²) in [5.41, 5.74) is 0.710. The fourth-order valence-corrected chi connectivity index (χ4v) is 1.80. The quantitative estimate of drug-likeness (QED) is 0.673. The minimum atomic E-state index is -0.548. The molecular formula is C15H15NO5. The van der Waals surface area contributed by atoms with Crippen molar-refractivity contribution in [1.82, 2.24) is 0 Å². The molecule has 110 valence electrons. The molecule has 0 heterocycles. The predicted octanol–water partition coefficient (Wildman–Crippen LogP) is 3.45. The number of methoxy groups -OCH3 is 1. The molecule has 0 aromatic heterocycles. The Morgan fingerprint density at radius 1 is 1.14 bits per heavy atom. The summed E-state index contributed by atoms with van der Waals surface area (Å²) in [6.07, 6.45) is -0.548. The van der Waals surface area contributed by atoms with E-state index >= 15 is 0 Å². The summed E-state index contributed by atoms with van der Waals surface area (Å²) < 4.78 is 10.7. The Bertz CT molecular complexity index is 637. The van der Waals surface area contributed by atoms with Crippen LogP contribution in [-0.4, -0.2) is 17.1 Å². The zero-order valence-electron chi connectivity index (χ0n) is 11.6. The van der Waals surface area contributed by atoms with Gasteiger partial charge in [0.15, 0.2) is 11.5 Å². The summed E-state index contributed by atoms with van der Waals surface area (Å²) >= 11 is 0. The standard InChI is InChI=1S/C15H15NO5/c1-10(17)11-3-6-13(7-4-11)21-14-8-5-12(16(18)19)9-15(14)20-2/h3-10,17H,1-2H3/t10-/m1/s1. The molecule has 0 aliphatic heterocycles. The van der Waals surface area contributed by atoms with E-state index in [4.69, 9.17) is 9.47 Å². The topological polar surface area (TPSA) is 81.8 Å². The first-order valence-corrected chi connectivity index (χ1v) is 6.29. The molecule has 0 aliphatic carbocycles. The van der Waals surface area contributed by atoms with E-state index in [2.05, 4.69) is 0 Å². The van der Waals surface area contributed by atoms with Crippen LogP contribution in [0.15, 0.2) is 42.5 Å². The van der Waals surface area contributed by atoms with Crippen LogP contribution in [0.4, 0.5) is 5.69 Å². The molecule has 21 heavy (non-hydrogen) atoms. The van der Waals surface area contributed by atoms with Crippen molar-refractivity contribution in [2.24, 2.45) is 0 Å². The molecule has 2 rings (SSSR count). The Morgan fingerprint density at radius 3 is 2.33 bits per heavy atom. The maximum Gasteiger partial charge on any atom is 0.273 e. The Morgan fingerprint density at radius 2 is 1.81 bits per heavy atom. The molecule has 0 fully saturated rings. The number of nitro groups is 1. The SMILES string of the molecule is COc1cc([N+](=O)[O-])ccc1Oc1ccc([C@@H](C)O)cc1. The van der Waals surface area contributed by atoms with E-state index in [0.29, 0.717) is 11.5 Å². The number of aliphatic hydroxyl groups is 1. The molecule has 1 atom stereocenters. The Balaban J connectivity index is 2.24. The van der Waals surface area contributed by atoms with E-state index in [-0.39, 0.29) is 11.4 Å². The molecule has 1 N–H and O–H groups in total. The lowest BCUT2D eigenvalue weighted by molar-refractivity contribution is -0.384. The molecule has 0 saturated carbocycles. The third-order valence-electron chi connectivity index (χ3n) is 2.95. The average Bonchev–Trinajstić information content (AvgIpc) is 2.48. The smallest absolute Gasteiger partial charge is 0.273 e. The van der Waals surface area contributed by atoms with E-state index in [1.54, 1.807) is 31.2 Å². The largest absolute Gasteiger partial charge is 0.493 e. The second-order valence-electron chi connectivity index (χ2n) is 4.44. The van der Waals surface area contributed by atoms with Gasteiger partial charge in [-0.05, 0) is 30.7 Å². The molecule has 0 radical (unpaired) electrons. The van der Waals surface area contributed by atoms with Crippen LogP contribution >= 0.6 is 0 Å². The third kappa shape index (κ3) is 3.49. The first-order valence-electron chi connectivity index (χ1n) is 6.29. The summed E-state index contributed by atoms with van der Waals surface area (Å²) in [7, 11) is 1.42.